The second-order valence-electron chi connectivity index (χ2n) is 7.13. The Labute approximate surface area is 164 Å². The van der Waals surface area contributed by atoms with Crippen molar-refractivity contribution in [2.45, 2.75) is 78.7 Å². The molecule has 9 heteroatoms. The van der Waals surface area contributed by atoms with E-state index >= 15 is 0 Å². The molecule has 7 nitrogen and oxygen atoms in total. The van der Waals surface area contributed by atoms with Gasteiger partial charge < -0.3 is 9.47 Å². The van der Waals surface area contributed by atoms with E-state index in [0.717, 1.165) is 0 Å². The number of hydrogen-bond acceptors (Lipinski definition) is 5. The summed E-state index contributed by atoms with van der Waals surface area (Å²) in [6.45, 7) is 13.6. The molecule has 0 aromatic heterocycles. The van der Waals surface area contributed by atoms with E-state index in [2.05, 4.69) is 10.2 Å². The van der Waals surface area contributed by atoms with Gasteiger partial charge in [-0.3, -0.25) is 14.2 Å². The molecule has 0 aromatic carbocycles. The van der Waals surface area contributed by atoms with Crippen LogP contribution in [0.2, 0.25) is 0 Å². The average Bonchev–Trinajstić information content (AvgIpc) is 2.23. The number of nitrogens with one attached hydrogen (secondary N) is 2. The zero-order chi connectivity index (χ0) is 17.7. The van der Waals surface area contributed by atoms with E-state index in [-0.39, 0.29) is 32.7 Å². The van der Waals surface area contributed by atoms with Gasteiger partial charge in [0, 0.05) is 32.7 Å². The van der Waals surface area contributed by atoms with Crippen molar-refractivity contribution in [1.82, 2.24) is 10.2 Å². The minimum absolute atomic E-state index is 0. The van der Waals surface area contributed by atoms with Crippen LogP contribution in [0.15, 0.2) is 0 Å². The summed E-state index contributed by atoms with van der Waals surface area (Å²) in [4.78, 5) is 23.5. The first kappa shape index (κ1) is 25.4. The summed E-state index contributed by atoms with van der Waals surface area (Å²) in [5.41, 5.74) is -1.22. The second-order valence-corrected chi connectivity index (χ2v) is 8.36. The fourth-order valence-electron chi connectivity index (χ4n) is 1.33. The van der Waals surface area contributed by atoms with Crippen molar-refractivity contribution in [3.63, 3.8) is 0 Å². The van der Waals surface area contributed by atoms with Crippen molar-refractivity contribution in [2.24, 2.45) is 0 Å². The Morgan fingerprint density at radius 3 is 1.30 bits per heavy atom. The minimum Gasteiger partial charge on any atom is -0.459 e. The molecule has 0 bridgehead atoms. The molecule has 2 atom stereocenters. The third-order valence-electron chi connectivity index (χ3n) is 2.22. The number of carbonyl (C=O) groups is 2. The maximum atomic E-state index is 12.0. The van der Waals surface area contributed by atoms with Crippen molar-refractivity contribution in [1.29, 1.82) is 0 Å². The summed E-state index contributed by atoms with van der Waals surface area (Å²) in [5, 5.41) is 5.21. The van der Waals surface area contributed by atoms with Gasteiger partial charge in [-0.1, -0.05) is 0 Å². The van der Waals surface area contributed by atoms with E-state index < -0.39 is 43.3 Å². The Bertz CT molecular complexity index is 394. The molecule has 0 spiro atoms. The molecule has 2 unspecified atom stereocenters. The predicted molar refractivity (Wildman–Crippen MR) is 85.9 cm³/mol. The maximum absolute atomic E-state index is 12.0. The fourth-order valence-corrected chi connectivity index (χ4v) is 2.44. The summed E-state index contributed by atoms with van der Waals surface area (Å²) in [6.07, 6.45) is 0. The van der Waals surface area contributed by atoms with Gasteiger partial charge in [-0.05, 0) is 55.4 Å². The smallest absolute Gasteiger partial charge is 0.323 e. The molecule has 0 aliphatic carbocycles. The van der Waals surface area contributed by atoms with E-state index in [1.165, 1.54) is 0 Å². The van der Waals surface area contributed by atoms with Crippen LogP contribution < -0.4 is 10.2 Å². The van der Waals surface area contributed by atoms with Crippen LogP contribution >= 0.6 is 8.10 Å². The Morgan fingerprint density at radius 2 is 1.09 bits per heavy atom. The van der Waals surface area contributed by atoms with Crippen LogP contribution in [0, 0.1) is 0 Å². The van der Waals surface area contributed by atoms with Gasteiger partial charge in [0.2, 0.25) is 8.10 Å². The fraction of sp³-hybridized carbons (Fsp3) is 0.857. The number of hydrogen-bond donors (Lipinski definition) is 2. The normalized spacial score (nSPS) is 15.8. The van der Waals surface area contributed by atoms with Crippen LogP contribution in [0.25, 0.3) is 0 Å². The van der Waals surface area contributed by atoms with Crippen LogP contribution in [-0.2, 0) is 56.3 Å². The Kier molecular flexibility index (Phi) is 11.3. The third-order valence-corrected chi connectivity index (χ3v) is 3.61. The molecular formula is C14H29N2O5PY. The van der Waals surface area contributed by atoms with Crippen LogP contribution in [0.1, 0.15) is 55.4 Å². The topological polar surface area (TPSA) is 93.7 Å². The number of ether oxygens (including phenoxy) is 2. The Morgan fingerprint density at radius 1 is 0.826 bits per heavy atom. The van der Waals surface area contributed by atoms with Gasteiger partial charge >= 0.3 is 11.9 Å². The van der Waals surface area contributed by atoms with Gasteiger partial charge in [0.15, 0.2) is 0 Å². The van der Waals surface area contributed by atoms with Gasteiger partial charge in [-0.2, -0.15) is 0 Å². The molecule has 0 rings (SSSR count). The summed E-state index contributed by atoms with van der Waals surface area (Å²) < 4.78 is 22.3. The number of carbonyl (C=O) groups excluding carboxylic acids is 2. The van der Waals surface area contributed by atoms with E-state index in [1.807, 2.05) is 0 Å². The third kappa shape index (κ3) is 13.2. The summed E-state index contributed by atoms with van der Waals surface area (Å²) in [7, 11) is -2.54. The van der Waals surface area contributed by atoms with E-state index in [1.54, 1.807) is 55.4 Å². The molecule has 23 heavy (non-hydrogen) atoms. The Balaban J connectivity index is 0. The van der Waals surface area contributed by atoms with E-state index in [9.17, 15) is 14.2 Å². The van der Waals surface area contributed by atoms with Gasteiger partial charge in [-0.25, -0.2) is 10.2 Å². The van der Waals surface area contributed by atoms with E-state index in [4.69, 9.17) is 9.47 Å². The molecule has 0 saturated heterocycles. The molecule has 0 fully saturated rings. The maximum Gasteiger partial charge on any atom is 0.323 e. The summed E-state index contributed by atoms with van der Waals surface area (Å²) >= 11 is 0. The number of rotatable bonds is 6. The molecule has 0 aromatic rings. The number of esters is 2. The molecule has 0 aliphatic rings. The molecule has 0 heterocycles. The quantitative estimate of drug-likeness (QED) is 0.497. The van der Waals surface area contributed by atoms with Crippen molar-refractivity contribution in [3.8, 4) is 0 Å². The van der Waals surface area contributed by atoms with Crippen LogP contribution in [0.3, 0.4) is 0 Å². The molecular weight excluding hydrogens is 396 g/mol. The minimum atomic E-state index is -2.54. The monoisotopic (exact) mass is 425 g/mol. The molecule has 0 amide bonds. The van der Waals surface area contributed by atoms with Crippen molar-refractivity contribution >= 4 is 20.0 Å². The van der Waals surface area contributed by atoms with Crippen LogP contribution in [-0.4, -0.2) is 35.2 Å². The summed E-state index contributed by atoms with van der Waals surface area (Å²) in [5.74, 6) is -1.00. The van der Waals surface area contributed by atoms with Crippen molar-refractivity contribution in [2.75, 3.05) is 0 Å². The van der Waals surface area contributed by atoms with Gasteiger partial charge in [0.25, 0.3) is 0 Å². The van der Waals surface area contributed by atoms with Gasteiger partial charge in [0.05, 0.1) is 0 Å². The first-order chi connectivity index (χ1) is 9.71. The first-order valence-corrected chi connectivity index (χ1v) is 8.65. The largest absolute Gasteiger partial charge is 0.459 e. The predicted octanol–water partition coefficient (Wildman–Crippen LogP) is 2.01. The zero-order valence-corrected chi connectivity index (χ0v) is 19.1. The molecule has 133 valence electrons. The first-order valence-electron chi connectivity index (χ1n) is 7.24. The average molecular weight is 425 g/mol. The SMILES string of the molecule is CC(N[PH](=O)NC(C)C(=O)OC(C)(C)C)C(=O)OC(C)(C)C.[Y]. The van der Waals surface area contributed by atoms with E-state index in [0.29, 0.717) is 0 Å². The Hall–Kier alpha value is 0.194. The second kappa shape index (κ2) is 10.2. The standard InChI is InChI=1S/C14H29N2O5P.Y/c1-9(11(17)20-13(3,4)5)15-22(19)16-10(2)12(18)21-14(6,7)8;/h9-10,22H,1-8H3,(H2,15,16,19);. The van der Waals surface area contributed by atoms with Gasteiger partial charge in [0.1, 0.15) is 23.3 Å². The van der Waals surface area contributed by atoms with Crippen molar-refractivity contribution in [3.05, 3.63) is 0 Å². The van der Waals surface area contributed by atoms with Crippen LogP contribution in [0.5, 0.6) is 0 Å². The molecule has 1 radical (unpaired) electrons. The van der Waals surface area contributed by atoms with Crippen LogP contribution in [0.4, 0.5) is 0 Å². The zero-order valence-electron chi connectivity index (χ0n) is 15.3. The molecule has 0 saturated carbocycles. The van der Waals surface area contributed by atoms with Crippen molar-refractivity contribution < 1.29 is 56.3 Å². The molecule has 2 N–H and O–H groups in total. The molecule has 0 aliphatic heterocycles. The van der Waals surface area contributed by atoms with Gasteiger partial charge in [-0.15, -0.1) is 0 Å². The summed E-state index contributed by atoms with van der Waals surface area (Å²) in [6, 6.07) is -1.49.